The molecule has 0 spiro atoms. The van der Waals surface area contributed by atoms with Crippen LogP contribution in [0.25, 0.3) is 0 Å². The van der Waals surface area contributed by atoms with Crippen molar-refractivity contribution in [1.82, 2.24) is 6.15 Å². The normalized spacial score (nSPS) is 19.1. The van der Waals surface area contributed by atoms with Crippen molar-refractivity contribution in [3.63, 3.8) is 0 Å². The molecule has 4 heteroatoms. The molecular formula is C14H20F3N. The Balaban J connectivity index is 0.00000162. The molecule has 0 aliphatic heterocycles. The zero-order valence-electron chi connectivity index (χ0n) is 10.7. The molecule has 0 atom stereocenters. The van der Waals surface area contributed by atoms with Gasteiger partial charge in [-0.2, -0.15) is 13.2 Å². The minimum Gasteiger partial charge on any atom is -0.344 e. The standard InChI is InChI=1S/C14H17F3.H3N/c1-13(9-3-2-4-10-13)11-5-7-12(8-6-11)14(15,16)17;/h5-8H,2-4,9-10H2,1H3;1H3. The molecule has 102 valence electrons. The highest BCUT2D eigenvalue weighted by molar-refractivity contribution is 5.30. The molecule has 1 aromatic carbocycles. The van der Waals surface area contributed by atoms with Gasteiger partial charge in [0.25, 0.3) is 0 Å². The lowest BCUT2D eigenvalue weighted by Crippen LogP contribution is -2.25. The van der Waals surface area contributed by atoms with E-state index in [9.17, 15) is 13.2 Å². The Labute approximate surface area is 106 Å². The van der Waals surface area contributed by atoms with Crippen LogP contribution in [0.1, 0.15) is 50.2 Å². The number of benzene rings is 1. The Kier molecular flexibility index (Phi) is 4.43. The van der Waals surface area contributed by atoms with Crippen molar-refractivity contribution in [2.75, 3.05) is 0 Å². The Morgan fingerprint density at radius 3 is 1.89 bits per heavy atom. The van der Waals surface area contributed by atoms with E-state index >= 15 is 0 Å². The van der Waals surface area contributed by atoms with Crippen LogP contribution in [0.5, 0.6) is 0 Å². The van der Waals surface area contributed by atoms with Crippen LogP contribution >= 0.6 is 0 Å². The highest BCUT2D eigenvalue weighted by Gasteiger charge is 2.32. The molecule has 3 N–H and O–H groups in total. The van der Waals surface area contributed by atoms with Gasteiger partial charge in [-0.25, -0.2) is 0 Å². The maximum Gasteiger partial charge on any atom is 0.416 e. The van der Waals surface area contributed by atoms with Crippen LogP contribution in [-0.4, -0.2) is 0 Å². The average Bonchev–Trinajstić information content (AvgIpc) is 2.29. The molecule has 0 unspecified atom stereocenters. The smallest absolute Gasteiger partial charge is 0.344 e. The zero-order valence-corrected chi connectivity index (χ0v) is 10.7. The number of hydrogen-bond donors (Lipinski definition) is 1. The Morgan fingerprint density at radius 2 is 1.44 bits per heavy atom. The first-order chi connectivity index (χ1) is 7.92. The number of halogens is 3. The van der Waals surface area contributed by atoms with Crippen molar-refractivity contribution in [2.24, 2.45) is 0 Å². The summed E-state index contributed by atoms with van der Waals surface area (Å²) >= 11 is 0. The molecule has 1 saturated carbocycles. The van der Waals surface area contributed by atoms with Gasteiger partial charge in [0.05, 0.1) is 5.56 Å². The van der Waals surface area contributed by atoms with Gasteiger partial charge in [-0.15, -0.1) is 0 Å². The monoisotopic (exact) mass is 259 g/mol. The molecule has 0 saturated heterocycles. The second kappa shape index (κ2) is 5.31. The zero-order chi connectivity index (χ0) is 12.5. The highest BCUT2D eigenvalue weighted by atomic mass is 19.4. The largest absolute Gasteiger partial charge is 0.416 e. The van der Waals surface area contributed by atoms with Crippen LogP contribution in [0.3, 0.4) is 0 Å². The van der Waals surface area contributed by atoms with E-state index < -0.39 is 11.7 Å². The van der Waals surface area contributed by atoms with Crippen LogP contribution in [0, 0.1) is 0 Å². The van der Waals surface area contributed by atoms with Gasteiger partial charge in [-0.1, -0.05) is 38.3 Å². The molecule has 0 heterocycles. The van der Waals surface area contributed by atoms with Crippen molar-refractivity contribution in [3.05, 3.63) is 35.4 Å². The van der Waals surface area contributed by atoms with E-state index in [0.29, 0.717) is 0 Å². The summed E-state index contributed by atoms with van der Waals surface area (Å²) in [6.45, 7) is 2.16. The SMILES string of the molecule is CC1(c2ccc(C(F)(F)F)cc2)CCCCC1.N. The van der Waals surface area contributed by atoms with Gasteiger partial charge >= 0.3 is 6.18 Å². The van der Waals surface area contributed by atoms with Gasteiger partial charge < -0.3 is 6.15 Å². The molecule has 1 aromatic rings. The summed E-state index contributed by atoms with van der Waals surface area (Å²) in [5.41, 5.74) is 0.563. The minimum absolute atomic E-state index is 0. The number of hydrogen-bond acceptors (Lipinski definition) is 1. The molecule has 1 nitrogen and oxygen atoms in total. The summed E-state index contributed by atoms with van der Waals surface area (Å²) in [5, 5.41) is 0. The maximum atomic E-state index is 12.5. The fourth-order valence-electron chi connectivity index (χ4n) is 2.68. The lowest BCUT2D eigenvalue weighted by Gasteiger charge is -2.34. The molecule has 0 aromatic heterocycles. The third-order valence-corrected chi connectivity index (χ3v) is 3.87. The van der Waals surface area contributed by atoms with Crippen LogP contribution in [0.2, 0.25) is 0 Å². The van der Waals surface area contributed by atoms with Gasteiger partial charge in [0.15, 0.2) is 0 Å². The summed E-state index contributed by atoms with van der Waals surface area (Å²) in [5.74, 6) is 0. The quantitative estimate of drug-likeness (QED) is 0.749. The minimum atomic E-state index is -4.23. The summed E-state index contributed by atoms with van der Waals surface area (Å²) in [7, 11) is 0. The van der Waals surface area contributed by atoms with E-state index in [1.807, 2.05) is 0 Å². The molecule has 1 aliphatic rings. The fourth-order valence-corrected chi connectivity index (χ4v) is 2.68. The average molecular weight is 259 g/mol. The van der Waals surface area contributed by atoms with Gasteiger partial charge in [0.1, 0.15) is 0 Å². The molecule has 0 bridgehead atoms. The summed E-state index contributed by atoms with van der Waals surface area (Å²) in [4.78, 5) is 0. The number of alkyl halides is 3. The molecule has 0 radical (unpaired) electrons. The van der Waals surface area contributed by atoms with Crippen molar-refractivity contribution < 1.29 is 13.2 Å². The van der Waals surface area contributed by atoms with Gasteiger partial charge in [0.2, 0.25) is 0 Å². The first-order valence-corrected chi connectivity index (χ1v) is 6.10. The Hall–Kier alpha value is -1.03. The van der Waals surface area contributed by atoms with E-state index in [-0.39, 0.29) is 11.6 Å². The molecule has 18 heavy (non-hydrogen) atoms. The van der Waals surface area contributed by atoms with E-state index in [1.165, 1.54) is 31.4 Å². The van der Waals surface area contributed by atoms with Crippen molar-refractivity contribution >= 4 is 0 Å². The Morgan fingerprint density at radius 1 is 0.944 bits per heavy atom. The second-order valence-electron chi connectivity index (χ2n) is 5.20. The highest BCUT2D eigenvalue weighted by Crippen LogP contribution is 2.39. The van der Waals surface area contributed by atoms with Crippen molar-refractivity contribution in [3.8, 4) is 0 Å². The summed E-state index contributed by atoms with van der Waals surface area (Å²) in [6, 6.07) is 5.70. The molecule has 0 amide bonds. The Bertz CT molecular complexity index is 375. The third kappa shape index (κ3) is 3.05. The predicted octanol–water partition coefficient (Wildman–Crippen LogP) is 5.09. The summed E-state index contributed by atoms with van der Waals surface area (Å²) in [6.07, 6.45) is 1.54. The maximum absolute atomic E-state index is 12.5. The van der Waals surface area contributed by atoms with Crippen LogP contribution in [0.15, 0.2) is 24.3 Å². The van der Waals surface area contributed by atoms with Gasteiger partial charge in [0, 0.05) is 0 Å². The van der Waals surface area contributed by atoms with Gasteiger partial charge in [-0.3, -0.25) is 0 Å². The summed E-state index contributed by atoms with van der Waals surface area (Å²) < 4.78 is 37.4. The van der Waals surface area contributed by atoms with Crippen molar-refractivity contribution in [1.29, 1.82) is 0 Å². The molecule has 2 rings (SSSR count). The molecular weight excluding hydrogens is 239 g/mol. The fraction of sp³-hybridized carbons (Fsp3) is 0.571. The van der Waals surface area contributed by atoms with E-state index in [4.69, 9.17) is 0 Å². The topological polar surface area (TPSA) is 35.0 Å². The van der Waals surface area contributed by atoms with Crippen LogP contribution in [-0.2, 0) is 11.6 Å². The van der Waals surface area contributed by atoms with Gasteiger partial charge in [-0.05, 0) is 36.0 Å². The first kappa shape index (κ1) is 15.0. The predicted molar refractivity (Wildman–Crippen MR) is 66.9 cm³/mol. The lowest BCUT2D eigenvalue weighted by atomic mass is 9.71. The molecule has 1 fully saturated rings. The second-order valence-corrected chi connectivity index (χ2v) is 5.20. The van der Waals surface area contributed by atoms with E-state index in [0.717, 1.165) is 18.4 Å². The molecule has 1 aliphatic carbocycles. The van der Waals surface area contributed by atoms with Crippen LogP contribution in [0.4, 0.5) is 13.2 Å². The van der Waals surface area contributed by atoms with Crippen molar-refractivity contribution in [2.45, 2.75) is 50.6 Å². The van der Waals surface area contributed by atoms with E-state index in [1.54, 1.807) is 12.1 Å². The first-order valence-electron chi connectivity index (χ1n) is 6.10. The number of rotatable bonds is 1. The third-order valence-electron chi connectivity index (χ3n) is 3.87. The van der Waals surface area contributed by atoms with E-state index in [2.05, 4.69) is 6.92 Å². The van der Waals surface area contributed by atoms with Crippen LogP contribution < -0.4 is 6.15 Å². The lowest BCUT2D eigenvalue weighted by molar-refractivity contribution is -0.137.